The van der Waals surface area contributed by atoms with E-state index in [1.807, 2.05) is 11.8 Å². The molecule has 0 atom stereocenters. The van der Waals surface area contributed by atoms with Crippen molar-refractivity contribution >= 4 is 35.0 Å². The standard InChI is InChI=1S/C12H13FN2S2/c13-8-1-2-10-11(7-8)15(12(16)14-10)9-3-5-17-6-4-9/h1-2,7,9H,3-6H2,(H,14,16). The summed E-state index contributed by atoms with van der Waals surface area (Å²) in [4.78, 5) is 3.16. The van der Waals surface area contributed by atoms with Gasteiger partial charge in [0.05, 0.1) is 11.0 Å². The van der Waals surface area contributed by atoms with Crippen molar-refractivity contribution in [1.29, 1.82) is 0 Å². The third-order valence-corrected chi connectivity index (χ3v) is 4.58. The van der Waals surface area contributed by atoms with Crippen LogP contribution in [0.4, 0.5) is 4.39 Å². The minimum Gasteiger partial charge on any atom is -0.331 e. The van der Waals surface area contributed by atoms with Crippen LogP contribution < -0.4 is 0 Å². The molecule has 1 aliphatic heterocycles. The van der Waals surface area contributed by atoms with E-state index in [1.54, 1.807) is 12.1 Å². The molecule has 2 aromatic rings. The van der Waals surface area contributed by atoms with Crippen molar-refractivity contribution < 1.29 is 4.39 Å². The topological polar surface area (TPSA) is 20.7 Å². The van der Waals surface area contributed by atoms with E-state index in [0.717, 1.165) is 35.4 Å². The first-order valence-electron chi connectivity index (χ1n) is 5.73. The van der Waals surface area contributed by atoms with Gasteiger partial charge in [0.15, 0.2) is 4.77 Å². The Bertz CT molecular complexity index is 596. The quantitative estimate of drug-likeness (QED) is 0.792. The van der Waals surface area contributed by atoms with Crippen LogP contribution in [0.2, 0.25) is 0 Å². The van der Waals surface area contributed by atoms with Crippen LogP contribution in [0.1, 0.15) is 18.9 Å². The Morgan fingerprint density at radius 1 is 1.35 bits per heavy atom. The van der Waals surface area contributed by atoms with Crippen LogP contribution in [0, 0.1) is 10.6 Å². The van der Waals surface area contributed by atoms with E-state index in [1.165, 1.54) is 6.07 Å². The monoisotopic (exact) mass is 268 g/mol. The summed E-state index contributed by atoms with van der Waals surface area (Å²) in [6.45, 7) is 0. The number of aromatic nitrogens is 2. The van der Waals surface area contributed by atoms with E-state index in [2.05, 4.69) is 9.55 Å². The molecule has 0 amide bonds. The van der Waals surface area contributed by atoms with E-state index < -0.39 is 0 Å². The lowest BCUT2D eigenvalue weighted by Crippen LogP contribution is -2.15. The summed E-state index contributed by atoms with van der Waals surface area (Å²) in [5.74, 6) is 2.12. The molecule has 3 rings (SSSR count). The highest BCUT2D eigenvalue weighted by atomic mass is 32.2. The number of nitrogens with zero attached hydrogens (tertiary/aromatic N) is 1. The van der Waals surface area contributed by atoms with Crippen molar-refractivity contribution in [1.82, 2.24) is 9.55 Å². The number of thioether (sulfide) groups is 1. The molecule has 90 valence electrons. The zero-order valence-electron chi connectivity index (χ0n) is 9.28. The lowest BCUT2D eigenvalue weighted by Gasteiger charge is -2.23. The molecule has 1 N–H and O–H groups in total. The zero-order valence-corrected chi connectivity index (χ0v) is 10.9. The SMILES string of the molecule is Fc1ccc2[nH]c(=S)n(C3CCSCC3)c2c1. The predicted molar refractivity (Wildman–Crippen MR) is 72.7 cm³/mol. The molecule has 0 bridgehead atoms. The first-order valence-corrected chi connectivity index (χ1v) is 7.29. The third kappa shape index (κ3) is 2.02. The molecule has 2 nitrogen and oxygen atoms in total. The van der Waals surface area contributed by atoms with Crippen molar-refractivity contribution in [3.05, 3.63) is 28.8 Å². The number of halogens is 1. The molecule has 1 fully saturated rings. The Labute approximate surface area is 108 Å². The number of H-pyrrole nitrogens is 1. The number of fused-ring (bicyclic) bond motifs is 1. The van der Waals surface area contributed by atoms with Gasteiger partial charge in [-0.05, 0) is 54.8 Å². The summed E-state index contributed by atoms with van der Waals surface area (Å²) in [6.07, 6.45) is 2.23. The van der Waals surface area contributed by atoms with Crippen molar-refractivity contribution in [3.63, 3.8) is 0 Å². The molecule has 0 aliphatic carbocycles. The van der Waals surface area contributed by atoms with Crippen LogP contribution >= 0.6 is 24.0 Å². The molecule has 1 aromatic carbocycles. The van der Waals surface area contributed by atoms with Gasteiger partial charge < -0.3 is 9.55 Å². The van der Waals surface area contributed by atoms with Gasteiger partial charge in [-0.3, -0.25) is 0 Å². The number of aromatic amines is 1. The van der Waals surface area contributed by atoms with Gasteiger partial charge in [-0.25, -0.2) is 4.39 Å². The molecular weight excluding hydrogens is 255 g/mol. The van der Waals surface area contributed by atoms with Gasteiger partial charge in [0, 0.05) is 6.04 Å². The lowest BCUT2D eigenvalue weighted by molar-refractivity contribution is 0.475. The Morgan fingerprint density at radius 2 is 2.12 bits per heavy atom. The summed E-state index contributed by atoms with van der Waals surface area (Å²) in [5, 5.41) is 0. The van der Waals surface area contributed by atoms with Crippen LogP contribution in [-0.2, 0) is 0 Å². The first kappa shape index (κ1) is 11.3. The summed E-state index contributed by atoms with van der Waals surface area (Å²) < 4.78 is 16.1. The van der Waals surface area contributed by atoms with Crippen LogP contribution in [0.25, 0.3) is 11.0 Å². The van der Waals surface area contributed by atoms with Gasteiger partial charge in [-0.1, -0.05) is 0 Å². The van der Waals surface area contributed by atoms with Crippen molar-refractivity contribution in [2.75, 3.05) is 11.5 Å². The molecule has 0 unspecified atom stereocenters. The Kier molecular flexibility index (Phi) is 2.96. The fourth-order valence-corrected chi connectivity index (χ4v) is 3.84. The second kappa shape index (κ2) is 4.46. The fourth-order valence-electron chi connectivity index (χ4n) is 2.40. The molecule has 2 heterocycles. The molecule has 1 aromatic heterocycles. The highest BCUT2D eigenvalue weighted by Crippen LogP contribution is 2.30. The molecule has 0 spiro atoms. The number of hydrogen-bond acceptors (Lipinski definition) is 2. The zero-order chi connectivity index (χ0) is 11.8. The predicted octanol–water partition coefficient (Wildman–Crippen LogP) is 3.91. The molecule has 0 saturated carbocycles. The van der Waals surface area contributed by atoms with Gasteiger partial charge in [0.2, 0.25) is 0 Å². The highest BCUT2D eigenvalue weighted by molar-refractivity contribution is 7.99. The largest absolute Gasteiger partial charge is 0.331 e. The van der Waals surface area contributed by atoms with Crippen LogP contribution in [0.5, 0.6) is 0 Å². The number of rotatable bonds is 1. The van der Waals surface area contributed by atoms with E-state index in [0.29, 0.717) is 10.8 Å². The third-order valence-electron chi connectivity index (χ3n) is 3.24. The summed E-state index contributed by atoms with van der Waals surface area (Å²) in [6, 6.07) is 5.21. The van der Waals surface area contributed by atoms with Crippen LogP contribution in [-0.4, -0.2) is 21.1 Å². The minimum atomic E-state index is -0.203. The maximum Gasteiger partial charge on any atom is 0.178 e. The number of nitrogens with one attached hydrogen (secondary N) is 1. The normalized spacial score (nSPS) is 17.7. The highest BCUT2D eigenvalue weighted by Gasteiger charge is 2.18. The molecule has 1 saturated heterocycles. The van der Waals surface area contributed by atoms with E-state index in [4.69, 9.17) is 12.2 Å². The van der Waals surface area contributed by atoms with Crippen molar-refractivity contribution in [3.8, 4) is 0 Å². The van der Waals surface area contributed by atoms with Crippen LogP contribution in [0.3, 0.4) is 0 Å². The van der Waals surface area contributed by atoms with E-state index in [-0.39, 0.29) is 5.82 Å². The van der Waals surface area contributed by atoms with Crippen molar-refractivity contribution in [2.24, 2.45) is 0 Å². The average Bonchev–Trinajstić information content (AvgIpc) is 2.65. The Balaban J connectivity index is 2.16. The van der Waals surface area contributed by atoms with E-state index in [9.17, 15) is 4.39 Å². The molecule has 17 heavy (non-hydrogen) atoms. The number of imidazole rings is 1. The molecular formula is C12H13FN2S2. The lowest BCUT2D eigenvalue weighted by atomic mass is 10.1. The van der Waals surface area contributed by atoms with Gasteiger partial charge in [-0.15, -0.1) is 0 Å². The summed E-state index contributed by atoms with van der Waals surface area (Å²) >= 11 is 7.33. The number of hydrogen-bond donors (Lipinski definition) is 1. The Hall–Kier alpha value is -0.810. The maximum absolute atomic E-state index is 13.3. The molecule has 0 radical (unpaired) electrons. The molecule has 5 heteroatoms. The summed E-state index contributed by atoms with van der Waals surface area (Å²) in [7, 11) is 0. The average molecular weight is 268 g/mol. The van der Waals surface area contributed by atoms with Gasteiger partial charge >= 0.3 is 0 Å². The van der Waals surface area contributed by atoms with Crippen molar-refractivity contribution in [2.45, 2.75) is 18.9 Å². The molecule has 1 aliphatic rings. The van der Waals surface area contributed by atoms with Gasteiger partial charge in [0.1, 0.15) is 5.82 Å². The maximum atomic E-state index is 13.3. The minimum absolute atomic E-state index is 0.203. The smallest absolute Gasteiger partial charge is 0.178 e. The first-order chi connectivity index (χ1) is 8.25. The Morgan fingerprint density at radius 3 is 2.88 bits per heavy atom. The second-order valence-corrected chi connectivity index (χ2v) is 5.92. The number of benzene rings is 1. The fraction of sp³-hybridized carbons (Fsp3) is 0.417. The summed E-state index contributed by atoms with van der Waals surface area (Å²) in [5.41, 5.74) is 1.82. The van der Waals surface area contributed by atoms with Crippen LogP contribution in [0.15, 0.2) is 18.2 Å². The van der Waals surface area contributed by atoms with Gasteiger partial charge in [-0.2, -0.15) is 11.8 Å². The second-order valence-electron chi connectivity index (χ2n) is 4.31. The van der Waals surface area contributed by atoms with Gasteiger partial charge in [0.25, 0.3) is 0 Å². The van der Waals surface area contributed by atoms with E-state index >= 15 is 0 Å².